The summed E-state index contributed by atoms with van der Waals surface area (Å²) in [5.41, 5.74) is 1.61. The Morgan fingerprint density at radius 3 is 2.51 bits per heavy atom. The van der Waals surface area contributed by atoms with Crippen LogP contribution in [0, 0.1) is 5.82 Å². The fraction of sp³-hybridized carbons (Fsp3) is 0.192. The van der Waals surface area contributed by atoms with E-state index >= 15 is 0 Å². The molecule has 0 aliphatic carbocycles. The van der Waals surface area contributed by atoms with Crippen molar-refractivity contribution in [3.8, 4) is 5.75 Å². The molecule has 1 atom stereocenters. The van der Waals surface area contributed by atoms with Crippen LogP contribution in [-0.2, 0) is 6.61 Å². The molecule has 35 heavy (non-hydrogen) atoms. The van der Waals surface area contributed by atoms with Gasteiger partial charge in [-0.15, -0.1) is 0 Å². The van der Waals surface area contributed by atoms with E-state index in [-0.39, 0.29) is 23.9 Å². The molecule has 180 valence electrons. The van der Waals surface area contributed by atoms with Crippen LogP contribution in [0.2, 0.25) is 0 Å². The van der Waals surface area contributed by atoms with Crippen molar-refractivity contribution in [3.63, 3.8) is 0 Å². The van der Waals surface area contributed by atoms with Gasteiger partial charge in [-0.3, -0.25) is 4.79 Å². The van der Waals surface area contributed by atoms with E-state index in [1.54, 1.807) is 30.5 Å². The Morgan fingerprint density at radius 2 is 1.83 bits per heavy atom. The third kappa shape index (κ3) is 5.73. The molecule has 5 nitrogen and oxygen atoms in total. The standard InChI is InChI=1S/C26H21Br3FN3O2/c1-3-15(2)25-32-23-9-8-18(27)12-19(23)26(34)33(25)31-13-16-10-20(28)24(21(29)11-16)35-14-17-6-4-5-7-22(17)30/h4-13,15H,3,14H2,1-2H3/t15-/m1/s1. The first-order valence-corrected chi connectivity index (χ1v) is 13.3. The second kappa shape index (κ2) is 11.1. The Balaban J connectivity index is 1.68. The first kappa shape index (κ1) is 25.7. The Morgan fingerprint density at radius 1 is 1.11 bits per heavy atom. The maximum Gasteiger partial charge on any atom is 0.282 e. The Bertz CT molecular complexity index is 1460. The fourth-order valence-corrected chi connectivity index (χ4v) is 5.27. The summed E-state index contributed by atoms with van der Waals surface area (Å²) >= 11 is 10.5. The van der Waals surface area contributed by atoms with Gasteiger partial charge < -0.3 is 4.74 Å². The van der Waals surface area contributed by atoms with Crippen molar-refractivity contribution in [3.05, 3.63) is 101 Å². The van der Waals surface area contributed by atoms with Crippen LogP contribution in [0.15, 0.2) is 77.9 Å². The van der Waals surface area contributed by atoms with Crippen molar-refractivity contribution in [2.24, 2.45) is 5.10 Å². The first-order valence-electron chi connectivity index (χ1n) is 10.9. The molecule has 0 amide bonds. The molecule has 3 aromatic carbocycles. The van der Waals surface area contributed by atoms with Crippen LogP contribution >= 0.6 is 47.8 Å². The van der Waals surface area contributed by atoms with Crippen molar-refractivity contribution < 1.29 is 9.13 Å². The van der Waals surface area contributed by atoms with Crippen molar-refractivity contribution in [2.45, 2.75) is 32.8 Å². The van der Waals surface area contributed by atoms with E-state index in [9.17, 15) is 9.18 Å². The van der Waals surface area contributed by atoms with E-state index in [1.807, 2.05) is 38.1 Å². The summed E-state index contributed by atoms with van der Waals surface area (Å²) < 4.78 is 23.3. The highest BCUT2D eigenvalue weighted by Gasteiger charge is 2.16. The molecule has 4 rings (SSSR count). The average Bonchev–Trinajstić information content (AvgIpc) is 2.83. The molecule has 9 heteroatoms. The number of halogens is 4. The van der Waals surface area contributed by atoms with Gasteiger partial charge in [0.15, 0.2) is 0 Å². The molecule has 4 aromatic rings. The number of fused-ring (bicyclic) bond motifs is 1. The average molecular weight is 666 g/mol. The molecule has 1 heterocycles. The van der Waals surface area contributed by atoms with Crippen LogP contribution in [-0.4, -0.2) is 15.9 Å². The molecule has 0 radical (unpaired) electrons. The Kier molecular flexibility index (Phi) is 8.19. The third-order valence-electron chi connectivity index (χ3n) is 5.56. The van der Waals surface area contributed by atoms with Gasteiger partial charge in [-0.05, 0) is 80.2 Å². The van der Waals surface area contributed by atoms with Gasteiger partial charge in [0.25, 0.3) is 5.56 Å². The number of benzene rings is 3. The van der Waals surface area contributed by atoms with E-state index < -0.39 is 0 Å². The van der Waals surface area contributed by atoms with E-state index in [0.717, 1.165) is 16.5 Å². The lowest BCUT2D eigenvalue weighted by Crippen LogP contribution is -2.23. The topological polar surface area (TPSA) is 56.5 Å². The minimum absolute atomic E-state index is 0.0422. The zero-order chi connectivity index (χ0) is 25.1. The quantitative estimate of drug-likeness (QED) is 0.189. The van der Waals surface area contributed by atoms with Crippen molar-refractivity contribution >= 4 is 64.9 Å². The van der Waals surface area contributed by atoms with E-state index in [0.29, 0.717) is 37.0 Å². The minimum atomic E-state index is -0.318. The number of ether oxygens (including phenoxy) is 1. The van der Waals surface area contributed by atoms with Crippen LogP contribution < -0.4 is 10.3 Å². The maximum absolute atomic E-state index is 13.9. The van der Waals surface area contributed by atoms with Gasteiger partial charge in [-0.25, -0.2) is 9.37 Å². The third-order valence-corrected chi connectivity index (χ3v) is 7.23. The summed E-state index contributed by atoms with van der Waals surface area (Å²) in [6.07, 6.45) is 2.42. The van der Waals surface area contributed by atoms with E-state index in [1.165, 1.54) is 10.7 Å². The van der Waals surface area contributed by atoms with Crippen molar-refractivity contribution in [2.75, 3.05) is 0 Å². The Hall–Kier alpha value is -2.36. The molecule has 0 bridgehead atoms. The highest BCUT2D eigenvalue weighted by atomic mass is 79.9. The minimum Gasteiger partial charge on any atom is -0.486 e. The van der Waals surface area contributed by atoms with Gasteiger partial charge in [0.2, 0.25) is 0 Å². The normalized spacial score (nSPS) is 12.4. The highest BCUT2D eigenvalue weighted by Crippen LogP contribution is 2.35. The number of hydrogen-bond donors (Lipinski definition) is 0. The fourth-order valence-electron chi connectivity index (χ4n) is 3.46. The molecule has 0 spiro atoms. The Labute approximate surface area is 227 Å². The second-order valence-corrected chi connectivity index (χ2v) is 10.6. The van der Waals surface area contributed by atoms with E-state index in [2.05, 4.69) is 52.9 Å². The maximum atomic E-state index is 13.9. The smallest absolute Gasteiger partial charge is 0.282 e. The lowest BCUT2D eigenvalue weighted by atomic mass is 10.1. The van der Waals surface area contributed by atoms with E-state index in [4.69, 9.17) is 9.72 Å². The number of rotatable bonds is 7. The van der Waals surface area contributed by atoms with Crippen molar-refractivity contribution in [1.82, 2.24) is 9.66 Å². The molecular weight excluding hydrogens is 645 g/mol. The predicted molar refractivity (Wildman–Crippen MR) is 148 cm³/mol. The summed E-state index contributed by atoms with van der Waals surface area (Å²) in [5, 5.41) is 5.00. The molecule has 0 aliphatic heterocycles. The molecule has 1 aromatic heterocycles. The largest absolute Gasteiger partial charge is 0.486 e. The van der Waals surface area contributed by atoms with Crippen LogP contribution in [0.4, 0.5) is 4.39 Å². The molecule has 0 N–H and O–H groups in total. The molecule has 0 aliphatic rings. The molecule has 0 unspecified atom stereocenters. The van der Waals surface area contributed by atoms with Gasteiger partial charge in [0, 0.05) is 16.0 Å². The zero-order valence-corrected chi connectivity index (χ0v) is 23.7. The number of nitrogens with zero attached hydrogens (tertiary/aromatic N) is 3. The molecule has 0 saturated carbocycles. The second-order valence-electron chi connectivity index (χ2n) is 8.00. The van der Waals surface area contributed by atoms with Gasteiger partial charge in [0.1, 0.15) is 24.0 Å². The summed E-state index contributed by atoms with van der Waals surface area (Å²) in [4.78, 5) is 18.0. The van der Waals surface area contributed by atoms with Gasteiger partial charge in [-0.1, -0.05) is 48.0 Å². The number of aromatic nitrogens is 2. The highest BCUT2D eigenvalue weighted by molar-refractivity contribution is 9.11. The van der Waals surface area contributed by atoms with Crippen LogP contribution in [0.25, 0.3) is 10.9 Å². The molecule has 0 saturated heterocycles. The SMILES string of the molecule is CC[C@@H](C)c1nc2ccc(Br)cc2c(=O)n1N=Cc1cc(Br)c(OCc2ccccc2F)c(Br)c1. The zero-order valence-electron chi connectivity index (χ0n) is 18.9. The molecular formula is C26H21Br3FN3O2. The lowest BCUT2D eigenvalue weighted by molar-refractivity contribution is 0.296. The first-order chi connectivity index (χ1) is 16.8. The van der Waals surface area contributed by atoms with Crippen molar-refractivity contribution in [1.29, 1.82) is 0 Å². The van der Waals surface area contributed by atoms with Crippen LogP contribution in [0.5, 0.6) is 5.75 Å². The van der Waals surface area contributed by atoms with Gasteiger partial charge >= 0.3 is 0 Å². The summed E-state index contributed by atoms with van der Waals surface area (Å²) in [6.45, 7) is 4.15. The lowest BCUT2D eigenvalue weighted by Gasteiger charge is -2.14. The summed E-state index contributed by atoms with van der Waals surface area (Å²) in [7, 11) is 0. The number of hydrogen-bond acceptors (Lipinski definition) is 4. The van der Waals surface area contributed by atoms with Gasteiger partial charge in [-0.2, -0.15) is 9.78 Å². The monoisotopic (exact) mass is 663 g/mol. The molecule has 0 fully saturated rings. The summed E-state index contributed by atoms with van der Waals surface area (Å²) in [5.74, 6) is 0.870. The predicted octanol–water partition coefficient (Wildman–Crippen LogP) is 7.80. The van der Waals surface area contributed by atoms with Crippen LogP contribution in [0.3, 0.4) is 0 Å². The summed E-state index contributed by atoms with van der Waals surface area (Å²) in [6, 6.07) is 15.6. The van der Waals surface area contributed by atoms with Crippen LogP contribution in [0.1, 0.15) is 43.1 Å². The van der Waals surface area contributed by atoms with Gasteiger partial charge in [0.05, 0.1) is 26.1 Å².